The van der Waals surface area contributed by atoms with Crippen LogP contribution in [0.4, 0.5) is 0 Å². The molecular formula is C34H39NO2P2+2. The minimum absolute atomic E-state index is 0.926. The molecule has 0 spiro atoms. The van der Waals surface area contributed by atoms with Gasteiger partial charge in [-0.1, -0.05) is 100 Å². The summed E-state index contributed by atoms with van der Waals surface area (Å²) in [5, 5.41) is 2.69. The lowest BCUT2D eigenvalue weighted by Gasteiger charge is -2.18. The number of unbranched alkanes of at least 4 members (excludes halogenated alkanes) is 7. The predicted octanol–water partition coefficient (Wildman–Crippen LogP) is 9.00. The monoisotopic (exact) mass is 555 g/mol. The molecule has 2 aromatic carbocycles. The Hall–Kier alpha value is -2.70. The Balaban J connectivity index is 1.43. The Kier molecular flexibility index (Phi) is 8.60. The van der Waals surface area contributed by atoms with Crippen LogP contribution in [0.2, 0.25) is 0 Å². The molecule has 0 radical (unpaired) electrons. The van der Waals surface area contributed by atoms with Gasteiger partial charge in [0.1, 0.15) is 4.44 Å². The summed E-state index contributed by atoms with van der Waals surface area (Å²) >= 11 is 0. The molecule has 0 saturated carbocycles. The molecule has 200 valence electrons. The van der Waals surface area contributed by atoms with Gasteiger partial charge in [0.25, 0.3) is 0 Å². The average molecular weight is 556 g/mol. The standard InChI is InChI=1S/C34H39NO2P2/c1-2-3-4-5-6-7-8-17-26-35(38-33-24-15-11-20-29(33)27-18-9-13-22-31(27)36-38)39-34-25-16-12-21-30(34)28-19-10-14-23-32(28)37-39/h9-16,20-25H,2-8,17-19,26H2,1H3/q+2. The maximum Gasteiger partial charge on any atom is 0.456 e. The average Bonchev–Trinajstić information content (AvgIpc) is 3.00. The first-order valence-electron chi connectivity index (χ1n) is 14.7. The summed E-state index contributed by atoms with van der Waals surface area (Å²) in [6.45, 7) is 3.27. The van der Waals surface area contributed by atoms with E-state index in [9.17, 15) is 0 Å². The van der Waals surface area contributed by atoms with Crippen LogP contribution in [0.5, 0.6) is 0 Å². The van der Waals surface area contributed by atoms with Crippen LogP contribution in [-0.4, -0.2) is 11.0 Å². The van der Waals surface area contributed by atoms with Gasteiger partial charge in [-0.3, -0.25) is 9.05 Å². The summed E-state index contributed by atoms with van der Waals surface area (Å²) in [5.74, 6) is 2.08. The van der Waals surface area contributed by atoms with Crippen molar-refractivity contribution in [1.82, 2.24) is 4.44 Å². The zero-order chi connectivity index (χ0) is 26.4. The van der Waals surface area contributed by atoms with Gasteiger partial charge in [0, 0.05) is 21.6 Å². The molecule has 6 rings (SSSR count). The Morgan fingerprint density at radius 2 is 1.13 bits per heavy atom. The van der Waals surface area contributed by atoms with Crippen molar-refractivity contribution in [1.29, 1.82) is 0 Å². The van der Waals surface area contributed by atoms with E-state index in [1.54, 1.807) is 0 Å². The predicted molar refractivity (Wildman–Crippen MR) is 166 cm³/mol. The van der Waals surface area contributed by atoms with Crippen LogP contribution >= 0.6 is 15.8 Å². The molecule has 39 heavy (non-hydrogen) atoms. The number of hydrogen-bond donors (Lipinski definition) is 0. The largest absolute Gasteiger partial charge is 0.456 e. The fourth-order valence-electron chi connectivity index (χ4n) is 5.80. The molecule has 2 aliphatic heterocycles. The molecule has 2 atom stereocenters. The molecule has 0 bridgehead atoms. The third kappa shape index (κ3) is 5.64. The quantitative estimate of drug-likeness (QED) is 0.204. The van der Waals surface area contributed by atoms with E-state index in [0.29, 0.717) is 0 Å². The molecule has 0 amide bonds. The van der Waals surface area contributed by atoms with Crippen LogP contribution in [0.3, 0.4) is 0 Å². The van der Waals surface area contributed by atoms with Crippen molar-refractivity contribution < 1.29 is 9.05 Å². The maximum absolute atomic E-state index is 6.97. The van der Waals surface area contributed by atoms with E-state index < -0.39 is 15.8 Å². The Morgan fingerprint density at radius 3 is 1.67 bits per heavy atom. The molecule has 0 fully saturated rings. The second kappa shape index (κ2) is 12.6. The summed E-state index contributed by atoms with van der Waals surface area (Å²) in [6, 6.07) is 17.8. The molecule has 2 aromatic rings. The number of fused-ring (bicyclic) bond motifs is 4. The first-order chi connectivity index (χ1) is 19.3. The first-order valence-corrected chi connectivity index (χ1v) is 17.2. The van der Waals surface area contributed by atoms with Crippen LogP contribution in [0.25, 0.3) is 11.1 Å². The molecule has 0 saturated heterocycles. The smallest absolute Gasteiger partial charge is 0.266 e. The van der Waals surface area contributed by atoms with E-state index in [0.717, 1.165) is 37.3 Å². The Labute approximate surface area is 234 Å². The zero-order valence-electron chi connectivity index (χ0n) is 23.0. The second-order valence-electron chi connectivity index (χ2n) is 10.6. The van der Waals surface area contributed by atoms with Crippen molar-refractivity contribution in [3.63, 3.8) is 0 Å². The summed E-state index contributed by atoms with van der Waals surface area (Å²) in [6.07, 6.45) is 25.4. The lowest BCUT2D eigenvalue weighted by Crippen LogP contribution is -2.23. The van der Waals surface area contributed by atoms with Gasteiger partial charge >= 0.3 is 15.8 Å². The van der Waals surface area contributed by atoms with Crippen molar-refractivity contribution in [2.24, 2.45) is 0 Å². The van der Waals surface area contributed by atoms with Gasteiger partial charge in [-0.05, 0) is 55.7 Å². The van der Waals surface area contributed by atoms with Crippen molar-refractivity contribution in [3.05, 3.63) is 117 Å². The van der Waals surface area contributed by atoms with Gasteiger partial charge in [-0.2, -0.15) is 0 Å². The summed E-state index contributed by atoms with van der Waals surface area (Å²) in [5.41, 5.74) is 2.62. The topological polar surface area (TPSA) is 21.7 Å². The SMILES string of the molecule is CCCCCCCCCCN([P+]1=c2ccccc2=C2CC=CC=C2O1)[P+]1=c2ccccc2=C2CC=CC=C2O1. The van der Waals surface area contributed by atoms with Crippen molar-refractivity contribution >= 4 is 27.0 Å². The lowest BCUT2D eigenvalue weighted by atomic mass is 10.0. The summed E-state index contributed by atoms with van der Waals surface area (Å²) < 4.78 is 16.5. The number of rotatable bonds is 11. The van der Waals surface area contributed by atoms with E-state index in [2.05, 4.69) is 96.4 Å². The highest BCUT2D eigenvalue weighted by molar-refractivity contribution is 7.57. The van der Waals surface area contributed by atoms with Crippen LogP contribution in [0, 0.1) is 9.88 Å². The lowest BCUT2D eigenvalue weighted by molar-refractivity contribution is 0.424. The molecule has 2 heterocycles. The van der Waals surface area contributed by atoms with E-state index in [1.807, 2.05) is 0 Å². The van der Waals surface area contributed by atoms with Crippen molar-refractivity contribution in [2.75, 3.05) is 6.54 Å². The Bertz CT molecular complexity index is 1500. The molecule has 2 unspecified atom stereocenters. The summed E-state index contributed by atoms with van der Waals surface area (Å²) in [4.78, 5) is 2.65. The van der Waals surface area contributed by atoms with Crippen LogP contribution in [0.15, 0.2) is 96.5 Å². The molecule has 3 nitrogen and oxygen atoms in total. The first kappa shape index (κ1) is 26.5. The molecule has 0 aromatic heterocycles. The third-order valence-corrected chi connectivity index (χ3v) is 12.4. The van der Waals surface area contributed by atoms with E-state index in [1.165, 1.54) is 76.4 Å². The fourth-order valence-corrected chi connectivity index (χ4v) is 10.7. The van der Waals surface area contributed by atoms with Gasteiger partial charge in [0.05, 0.1) is 6.54 Å². The van der Waals surface area contributed by atoms with E-state index in [4.69, 9.17) is 9.05 Å². The van der Waals surface area contributed by atoms with Crippen molar-refractivity contribution in [3.8, 4) is 0 Å². The second-order valence-corrected chi connectivity index (χ2v) is 14.3. The van der Waals surface area contributed by atoms with Crippen LogP contribution < -0.4 is 10.4 Å². The fraction of sp³-hybridized carbons (Fsp3) is 0.353. The highest BCUT2D eigenvalue weighted by Gasteiger charge is 2.47. The normalized spacial score (nSPS) is 18.9. The zero-order valence-corrected chi connectivity index (χ0v) is 24.8. The number of benzene rings is 2. The van der Waals surface area contributed by atoms with Crippen LogP contribution in [-0.2, 0) is 9.05 Å². The van der Waals surface area contributed by atoms with Gasteiger partial charge < -0.3 is 0 Å². The van der Waals surface area contributed by atoms with Crippen molar-refractivity contribution in [2.45, 2.75) is 71.1 Å². The third-order valence-electron chi connectivity index (χ3n) is 7.88. The Morgan fingerprint density at radius 1 is 0.641 bits per heavy atom. The molecule has 2 aliphatic carbocycles. The van der Waals surface area contributed by atoms with Gasteiger partial charge in [-0.25, -0.2) is 0 Å². The summed E-state index contributed by atoms with van der Waals surface area (Å²) in [7, 11) is -2.08. The number of hydrogen-bond acceptors (Lipinski definition) is 3. The van der Waals surface area contributed by atoms with Crippen LogP contribution in [0.1, 0.15) is 71.1 Å². The minimum Gasteiger partial charge on any atom is -0.266 e. The highest BCUT2D eigenvalue weighted by atomic mass is 31.2. The molecular weight excluding hydrogens is 516 g/mol. The van der Waals surface area contributed by atoms with E-state index in [-0.39, 0.29) is 0 Å². The number of nitrogens with zero attached hydrogens (tertiary/aromatic N) is 1. The van der Waals surface area contributed by atoms with Gasteiger partial charge in [-0.15, -0.1) is 0 Å². The molecule has 4 aliphatic rings. The van der Waals surface area contributed by atoms with Gasteiger partial charge in [0.2, 0.25) is 9.88 Å². The minimum atomic E-state index is -1.04. The van der Waals surface area contributed by atoms with Gasteiger partial charge in [0.15, 0.2) is 11.5 Å². The maximum atomic E-state index is 6.97. The van der Waals surface area contributed by atoms with E-state index >= 15 is 0 Å². The highest BCUT2D eigenvalue weighted by Crippen LogP contribution is 2.54. The molecule has 5 heteroatoms. The molecule has 0 N–H and O–H groups in total. The number of allylic oxidation sites excluding steroid dienone is 8.